The largest absolute Gasteiger partial charge is 0.460 e. The third-order valence-electron chi connectivity index (χ3n) is 0.916. The Hall–Kier alpha value is -1.10. The third kappa shape index (κ3) is 1.91. The van der Waals surface area contributed by atoms with Crippen molar-refractivity contribution in [2.45, 2.75) is 6.92 Å². The van der Waals surface area contributed by atoms with E-state index in [1.165, 1.54) is 0 Å². The minimum absolute atomic E-state index is 0.0446. The number of aromatic amines is 1. The Bertz CT molecular complexity index is 260. The normalized spacial score (nSPS) is 9.64. The van der Waals surface area contributed by atoms with E-state index in [1.807, 2.05) is 0 Å². The van der Waals surface area contributed by atoms with Gasteiger partial charge in [0, 0.05) is 0 Å². The first kappa shape index (κ1) is 8.00. The van der Waals surface area contributed by atoms with Gasteiger partial charge in [-0.05, 0) is 18.5 Å². The average Bonchev–Trinajstić information content (AvgIpc) is 2.36. The summed E-state index contributed by atoms with van der Waals surface area (Å²) in [7, 11) is 0. The van der Waals surface area contributed by atoms with E-state index in [1.54, 1.807) is 6.92 Å². The van der Waals surface area contributed by atoms with Crippen LogP contribution in [0.15, 0.2) is 0 Å². The lowest BCUT2D eigenvalue weighted by molar-refractivity contribution is 0.0512. The van der Waals surface area contributed by atoms with Crippen molar-refractivity contribution in [2.75, 3.05) is 6.61 Å². The zero-order valence-corrected chi connectivity index (χ0v) is 6.55. The second kappa shape index (κ2) is 3.34. The van der Waals surface area contributed by atoms with Crippen LogP contribution in [0.5, 0.6) is 0 Å². The van der Waals surface area contributed by atoms with Crippen LogP contribution in [0.4, 0.5) is 0 Å². The van der Waals surface area contributed by atoms with Gasteiger partial charge in [-0.2, -0.15) is 4.98 Å². The molecule has 1 N–H and O–H groups in total. The molecule has 1 heterocycles. The Balaban J connectivity index is 2.69. The molecular formula is C5H6ClN3O2. The SMILES string of the molecule is CCOC(=O)c1n[nH]c(Cl)n1. The number of carbonyl (C=O) groups is 1. The van der Waals surface area contributed by atoms with Crippen LogP contribution in [0, 0.1) is 0 Å². The van der Waals surface area contributed by atoms with Crippen LogP contribution in [0.2, 0.25) is 5.28 Å². The van der Waals surface area contributed by atoms with Crippen molar-refractivity contribution in [1.82, 2.24) is 15.2 Å². The van der Waals surface area contributed by atoms with Gasteiger partial charge in [0.2, 0.25) is 5.28 Å². The van der Waals surface area contributed by atoms with Crippen LogP contribution in [0.1, 0.15) is 17.5 Å². The molecule has 0 saturated carbocycles. The van der Waals surface area contributed by atoms with Crippen LogP contribution < -0.4 is 0 Å². The molecule has 0 aliphatic heterocycles. The van der Waals surface area contributed by atoms with Crippen molar-refractivity contribution < 1.29 is 9.53 Å². The maximum absolute atomic E-state index is 10.8. The van der Waals surface area contributed by atoms with Gasteiger partial charge < -0.3 is 4.74 Å². The molecule has 0 unspecified atom stereocenters. The van der Waals surface area contributed by atoms with Crippen molar-refractivity contribution in [3.05, 3.63) is 11.1 Å². The van der Waals surface area contributed by atoms with Gasteiger partial charge in [-0.1, -0.05) is 0 Å². The lowest BCUT2D eigenvalue weighted by atomic mass is 10.6. The zero-order valence-electron chi connectivity index (χ0n) is 5.80. The lowest BCUT2D eigenvalue weighted by Gasteiger charge is -1.93. The van der Waals surface area contributed by atoms with Crippen molar-refractivity contribution in [1.29, 1.82) is 0 Å². The summed E-state index contributed by atoms with van der Waals surface area (Å²) in [5.41, 5.74) is 0. The first-order valence-corrected chi connectivity index (χ1v) is 3.37. The van der Waals surface area contributed by atoms with Gasteiger partial charge in [-0.15, -0.1) is 5.10 Å². The van der Waals surface area contributed by atoms with Gasteiger partial charge in [0.1, 0.15) is 0 Å². The number of aromatic nitrogens is 3. The first-order valence-electron chi connectivity index (χ1n) is 2.99. The van der Waals surface area contributed by atoms with Crippen molar-refractivity contribution >= 4 is 17.6 Å². The van der Waals surface area contributed by atoms with E-state index in [0.717, 1.165) is 0 Å². The highest BCUT2D eigenvalue weighted by atomic mass is 35.5. The molecule has 11 heavy (non-hydrogen) atoms. The second-order valence-electron chi connectivity index (χ2n) is 1.67. The molecule has 1 aromatic rings. The van der Waals surface area contributed by atoms with Crippen molar-refractivity contribution in [3.8, 4) is 0 Å². The second-order valence-corrected chi connectivity index (χ2v) is 2.03. The Morgan fingerprint density at radius 2 is 2.55 bits per heavy atom. The van der Waals surface area contributed by atoms with Gasteiger partial charge in [-0.25, -0.2) is 9.89 Å². The third-order valence-corrected chi connectivity index (χ3v) is 1.09. The summed E-state index contributed by atoms with van der Waals surface area (Å²) in [5.74, 6) is -0.618. The molecule has 1 rings (SSSR count). The van der Waals surface area contributed by atoms with Crippen LogP contribution in [-0.4, -0.2) is 27.8 Å². The number of esters is 1. The molecule has 0 radical (unpaired) electrons. The molecule has 0 amide bonds. The summed E-state index contributed by atoms with van der Waals surface area (Å²) in [4.78, 5) is 14.4. The number of hydrogen-bond acceptors (Lipinski definition) is 4. The average molecular weight is 176 g/mol. The number of ether oxygens (including phenoxy) is 1. The smallest absolute Gasteiger partial charge is 0.378 e. The summed E-state index contributed by atoms with van der Waals surface area (Å²) < 4.78 is 4.60. The van der Waals surface area contributed by atoms with Crippen molar-refractivity contribution in [2.24, 2.45) is 0 Å². The summed E-state index contributed by atoms with van der Waals surface area (Å²) in [5, 5.41) is 5.88. The monoisotopic (exact) mass is 175 g/mol. The molecule has 0 aliphatic carbocycles. The zero-order chi connectivity index (χ0) is 8.27. The number of nitrogens with one attached hydrogen (secondary N) is 1. The fraction of sp³-hybridized carbons (Fsp3) is 0.400. The van der Waals surface area contributed by atoms with Gasteiger partial charge in [0.15, 0.2) is 0 Å². The number of H-pyrrole nitrogens is 1. The summed E-state index contributed by atoms with van der Waals surface area (Å²) in [6.07, 6.45) is 0. The van der Waals surface area contributed by atoms with E-state index in [-0.39, 0.29) is 11.1 Å². The topological polar surface area (TPSA) is 67.9 Å². The van der Waals surface area contributed by atoms with Crippen molar-refractivity contribution in [3.63, 3.8) is 0 Å². The van der Waals surface area contributed by atoms with E-state index >= 15 is 0 Å². The van der Waals surface area contributed by atoms with Crippen LogP contribution >= 0.6 is 11.6 Å². The molecule has 0 aromatic carbocycles. The molecule has 5 nitrogen and oxygen atoms in total. The molecule has 0 bridgehead atoms. The standard InChI is InChI=1S/C5H6ClN3O2/c1-2-11-4(10)3-7-5(6)9-8-3/h2H2,1H3,(H,7,8,9). The Labute approximate surface area is 67.7 Å². The van der Waals surface area contributed by atoms with Crippen LogP contribution in [0.25, 0.3) is 0 Å². The number of carbonyl (C=O) groups excluding carboxylic acids is 1. The fourth-order valence-corrected chi connectivity index (χ4v) is 0.651. The fourth-order valence-electron chi connectivity index (χ4n) is 0.529. The van der Waals surface area contributed by atoms with Gasteiger partial charge >= 0.3 is 5.97 Å². The molecule has 0 atom stereocenters. The van der Waals surface area contributed by atoms with E-state index in [9.17, 15) is 4.79 Å². The maximum Gasteiger partial charge on any atom is 0.378 e. The van der Waals surface area contributed by atoms with E-state index in [4.69, 9.17) is 11.6 Å². The Morgan fingerprint density at radius 3 is 3.00 bits per heavy atom. The molecule has 6 heteroatoms. The molecule has 1 aromatic heterocycles. The van der Waals surface area contributed by atoms with Crippen LogP contribution in [-0.2, 0) is 4.74 Å². The quantitative estimate of drug-likeness (QED) is 0.670. The predicted molar refractivity (Wildman–Crippen MR) is 37.3 cm³/mol. The Kier molecular flexibility index (Phi) is 2.43. The van der Waals surface area contributed by atoms with Gasteiger partial charge in [-0.3, -0.25) is 0 Å². The highest BCUT2D eigenvalue weighted by Gasteiger charge is 2.11. The summed E-state index contributed by atoms with van der Waals surface area (Å²) >= 11 is 5.37. The van der Waals surface area contributed by atoms with E-state index in [2.05, 4.69) is 19.9 Å². The van der Waals surface area contributed by atoms with Gasteiger partial charge in [0.25, 0.3) is 5.82 Å². The summed E-state index contributed by atoms with van der Waals surface area (Å²) in [6, 6.07) is 0. The van der Waals surface area contributed by atoms with E-state index < -0.39 is 5.97 Å². The first-order chi connectivity index (χ1) is 5.24. The molecule has 60 valence electrons. The minimum atomic E-state index is -0.573. The Morgan fingerprint density at radius 1 is 1.82 bits per heavy atom. The molecule has 0 saturated heterocycles. The minimum Gasteiger partial charge on any atom is -0.460 e. The molecular weight excluding hydrogens is 170 g/mol. The number of halogens is 1. The highest BCUT2D eigenvalue weighted by molar-refractivity contribution is 6.28. The van der Waals surface area contributed by atoms with Crippen LogP contribution in [0.3, 0.4) is 0 Å². The van der Waals surface area contributed by atoms with E-state index in [0.29, 0.717) is 6.61 Å². The number of rotatable bonds is 2. The maximum atomic E-state index is 10.8. The predicted octanol–water partition coefficient (Wildman–Crippen LogP) is 0.635. The number of nitrogens with zero attached hydrogens (tertiary/aromatic N) is 2. The lowest BCUT2D eigenvalue weighted by Crippen LogP contribution is -2.06. The van der Waals surface area contributed by atoms with Gasteiger partial charge in [0.05, 0.1) is 6.61 Å². The molecule has 0 fully saturated rings. The molecule has 0 spiro atoms. The summed E-state index contributed by atoms with van der Waals surface area (Å²) in [6.45, 7) is 2.00. The molecule has 0 aliphatic rings. The number of hydrogen-bond donors (Lipinski definition) is 1. The highest BCUT2D eigenvalue weighted by Crippen LogP contribution is 1.99.